The fraction of sp³-hybridized carbons (Fsp3) is 0.545. The monoisotopic (exact) mass is 249 g/mol. The SMILES string of the molecule is C[C@H]1CC(CO)OC1n1cnc2c(N)ncnc21. The highest BCUT2D eigenvalue weighted by Gasteiger charge is 2.34. The fourth-order valence-corrected chi connectivity index (χ4v) is 2.43. The predicted molar refractivity (Wildman–Crippen MR) is 64.5 cm³/mol. The van der Waals surface area contributed by atoms with Crippen LogP contribution < -0.4 is 5.73 Å². The molecule has 0 saturated carbocycles. The van der Waals surface area contributed by atoms with E-state index in [0.717, 1.165) is 6.42 Å². The maximum Gasteiger partial charge on any atom is 0.167 e. The average molecular weight is 249 g/mol. The van der Waals surface area contributed by atoms with Crippen molar-refractivity contribution in [1.82, 2.24) is 19.5 Å². The van der Waals surface area contributed by atoms with Crippen molar-refractivity contribution in [3.63, 3.8) is 0 Å². The minimum Gasteiger partial charge on any atom is -0.394 e. The van der Waals surface area contributed by atoms with Gasteiger partial charge in [0.2, 0.25) is 0 Å². The van der Waals surface area contributed by atoms with Crippen LogP contribution in [0.1, 0.15) is 19.6 Å². The Morgan fingerprint density at radius 1 is 1.50 bits per heavy atom. The predicted octanol–water partition coefficient (Wildman–Crippen LogP) is 0.324. The smallest absolute Gasteiger partial charge is 0.167 e. The summed E-state index contributed by atoms with van der Waals surface area (Å²) in [6, 6.07) is 0. The lowest BCUT2D eigenvalue weighted by Crippen LogP contribution is -2.15. The van der Waals surface area contributed by atoms with E-state index in [9.17, 15) is 0 Å². The quantitative estimate of drug-likeness (QED) is 0.795. The van der Waals surface area contributed by atoms with Gasteiger partial charge < -0.3 is 15.6 Å². The first-order chi connectivity index (χ1) is 8.70. The zero-order chi connectivity index (χ0) is 12.7. The number of nitrogens with two attached hydrogens (primary N) is 1. The molecule has 3 N–H and O–H groups in total. The Hall–Kier alpha value is -1.73. The number of anilines is 1. The molecule has 0 amide bonds. The molecule has 0 aromatic carbocycles. The molecular formula is C11H15N5O2. The van der Waals surface area contributed by atoms with Gasteiger partial charge in [0.05, 0.1) is 19.0 Å². The summed E-state index contributed by atoms with van der Waals surface area (Å²) in [6.07, 6.45) is 3.61. The Kier molecular flexibility index (Phi) is 2.64. The van der Waals surface area contributed by atoms with Gasteiger partial charge in [-0.2, -0.15) is 0 Å². The summed E-state index contributed by atoms with van der Waals surface area (Å²) in [4.78, 5) is 12.3. The minimum atomic E-state index is -0.165. The molecule has 1 fully saturated rings. The highest BCUT2D eigenvalue weighted by Crippen LogP contribution is 2.35. The van der Waals surface area contributed by atoms with E-state index in [2.05, 4.69) is 21.9 Å². The molecule has 2 unspecified atom stereocenters. The summed E-state index contributed by atoms with van der Waals surface area (Å²) in [7, 11) is 0. The van der Waals surface area contributed by atoms with Crippen molar-refractivity contribution in [2.45, 2.75) is 25.7 Å². The lowest BCUT2D eigenvalue weighted by Gasteiger charge is -2.17. The first-order valence-corrected chi connectivity index (χ1v) is 5.90. The van der Waals surface area contributed by atoms with Crippen LogP contribution in [-0.4, -0.2) is 37.3 Å². The van der Waals surface area contributed by atoms with E-state index in [1.165, 1.54) is 6.33 Å². The Morgan fingerprint density at radius 2 is 2.33 bits per heavy atom. The van der Waals surface area contributed by atoms with Crippen LogP contribution in [0, 0.1) is 5.92 Å². The van der Waals surface area contributed by atoms with E-state index in [1.54, 1.807) is 6.33 Å². The van der Waals surface area contributed by atoms with Crippen LogP contribution in [0.4, 0.5) is 5.82 Å². The second kappa shape index (κ2) is 4.18. The van der Waals surface area contributed by atoms with Crippen molar-refractivity contribution in [3.05, 3.63) is 12.7 Å². The van der Waals surface area contributed by atoms with E-state index in [4.69, 9.17) is 15.6 Å². The van der Waals surface area contributed by atoms with Crippen LogP contribution in [-0.2, 0) is 4.74 Å². The number of hydrogen-bond acceptors (Lipinski definition) is 6. The van der Waals surface area contributed by atoms with Gasteiger partial charge in [-0.1, -0.05) is 6.92 Å². The van der Waals surface area contributed by atoms with Gasteiger partial charge in [0.15, 0.2) is 11.5 Å². The molecule has 3 atom stereocenters. The van der Waals surface area contributed by atoms with E-state index in [-0.39, 0.29) is 24.9 Å². The Morgan fingerprint density at radius 3 is 3.06 bits per heavy atom. The highest BCUT2D eigenvalue weighted by molar-refractivity contribution is 5.81. The van der Waals surface area contributed by atoms with Crippen molar-refractivity contribution < 1.29 is 9.84 Å². The molecule has 3 heterocycles. The second-order valence-electron chi connectivity index (χ2n) is 4.63. The second-order valence-corrected chi connectivity index (χ2v) is 4.63. The Bertz CT molecular complexity index is 570. The molecule has 3 rings (SSSR count). The van der Waals surface area contributed by atoms with Crippen molar-refractivity contribution in [2.75, 3.05) is 12.3 Å². The number of nitrogens with zero attached hydrogens (tertiary/aromatic N) is 4. The van der Waals surface area contributed by atoms with Gasteiger partial charge in [0.1, 0.15) is 18.1 Å². The van der Waals surface area contributed by atoms with Gasteiger partial charge in [0.25, 0.3) is 0 Å². The summed E-state index contributed by atoms with van der Waals surface area (Å²) >= 11 is 0. The third-order valence-corrected chi connectivity index (χ3v) is 3.32. The number of fused-ring (bicyclic) bond motifs is 1. The maximum absolute atomic E-state index is 9.16. The molecule has 0 bridgehead atoms. The Labute approximate surface area is 104 Å². The van der Waals surface area contributed by atoms with Crippen LogP contribution >= 0.6 is 0 Å². The number of aliphatic hydroxyl groups excluding tert-OH is 1. The highest BCUT2D eigenvalue weighted by atomic mass is 16.5. The third-order valence-electron chi connectivity index (χ3n) is 3.32. The topological polar surface area (TPSA) is 99.1 Å². The molecule has 0 radical (unpaired) electrons. The molecule has 1 aliphatic rings. The van der Waals surface area contributed by atoms with Crippen molar-refractivity contribution in [2.24, 2.45) is 5.92 Å². The van der Waals surface area contributed by atoms with E-state index in [1.807, 2.05) is 4.57 Å². The standard InChI is InChI=1S/C11H15N5O2/c1-6-2-7(3-17)18-11(6)16-5-15-8-9(12)13-4-14-10(8)16/h4-7,11,17H,2-3H2,1H3,(H2,12,13,14)/t6-,7?,11?/m0/s1. The third kappa shape index (κ3) is 1.63. The number of ether oxygens (including phenoxy) is 1. The first-order valence-electron chi connectivity index (χ1n) is 5.90. The number of hydrogen-bond donors (Lipinski definition) is 2. The maximum atomic E-state index is 9.16. The normalized spacial score (nSPS) is 28.0. The summed E-state index contributed by atoms with van der Waals surface area (Å²) < 4.78 is 7.64. The molecule has 7 nitrogen and oxygen atoms in total. The first kappa shape index (κ1) is 11.4. The largest absolute Gasteiger partial charge is 0.394 e. The van der Waals surface area contributed by atoms with Crippen LogP contribution in [0.3, 0.4) is 0 Å². The molecular weight excluding hydrogens is 234 g/mol. The molecule has 2 aromatic heterocycles. The summed E-state index contributed by atoms with van der Waals surface area (Å²) in [6.45, 7) is 2.11. The summed E-state index contributed by atoms with van der Waals surface area (Å²) in [5.74, 6) is 0.652. The molecule has 0 spiro atoms. The minimum absolute atomic E-state index is 0.0323. The van der Waals surface area contributed by atoms with Crippen LogP contribution in [0.25, 0.3) is 11.2 Å². The van der Waals surface area contributed by atoms with E-state index < -0.39 is 0 Å². The Balaban J connectivity index is 2.02. The van der Waals surface area contributed by atoms with Crippen LogP contribution in [0.2, 0.25) is 0 Å². The van der Waals surface area contributed by atoms with Gasteiger partial charge >= 0.3 is 0 Å². The number of nitrogen functional groups attached to an aromatic ring is 1. The molecule has 96 valence electrons. The molecule has 7 heteroatoms. The fourth-order valence-electron chi connectivity index (χ4n) is 2.43. The number of rotatable bonds is 2. The zero-order valence-electron chi connectivity index (χ0n) is 10.0. The molecule has 0 aliphatic carbocycles. The number of aliphatic hydroxyl groups is 1. The van der Waals surface area contributed by atoms with Crippen molar-refractivity contribution in [3.8, 4) is 0 Å². The van der Waals surface area contributed by atoms with Crippen LogP contribution in [0.15, 0.2) is 12.7 Å². The van der Waals surface area contributed by atoms with E-state index in [0.29, 0.717) is 17.0 Å². The molecule has 2 aromatic rings. The van der Waals surface area contributed by atoms with Gasteiger partial charge in [-0.3, -0.25) is 4.57 Å². The van der Waals surface area contributed by atoms with Crippen molar-refractivity contribution >= 4 is 17.0 Å². The van der Waals surface area contributed by atoms with Crippen LogP contribution in [0.5, 0.6) is 0 Å². The zero-order valence-corrected chi connectivity index (χ0v) is 10.0. The molecule has 1 saturated heterocycles. The van der Waals surface area contributed by atoms with Gasteiger partial charge in [-0.25, -0.2) is 15.0 Å². The van der Waals surface area contributed by atoms with Gasteiger partial charge in [0, 0.05) is 5.92 Å². The summed E-state index contributed by atoms with van der Waals surface area (Å²) in [5.41, 5.74) is 7.00. The van der Waals surface area contributed by atoms with Crippen molar-refractivity contribution in [1.29, 1.82) is 0 Å². The molecule has 1 aliphatic heterocycles. The number of aromatic nitrogens is 4. The van der Waals surface area contributed by atoms with Gasteiger partial charge in [-0.15, -0.1) is 0 Å². The van der Waals surface area contributed by atoms with E-state index >= 15 is 0 Å². The summed E-state index contributed by atoms with van der Waals surface area (Å²) in [5, 5.41) is 9.16. The lowest BCUT2D eigenvalue weighted by molar-refractivity contribution is -0.0294. The van der Waals surface area contributed by atoms with Gasteiger partial charge in [-0.05, 0) is 6.42 Å². The average Bonchev–Trinajstić information content (AvgIpc) is 2.93. The molecule has 18 heavy (non-hydrogen) atoms. The number of imidazole rings is 1. The lowest BCUT2D eigenvalue weighted by atomic mass is 10.1.